The number of hydrogen-bond acceptors (Lipinski definition) is 2. The molecule has 0 unspecified atom stereocenters. The Balaban J connectivity index is 2.36. The average molecular weight is 194 g/mol. The second-order valence-electron chi connectivity index (χ2n) is 4.21. The Labute approximate surface area is 83.3 Å². The van der Waals surface area contributed by atoms with Gasteiger partial charge in [0.2, 0.25) is 0 Å². The van der Waals surface area contributed by atoms with Crippen molar-refractivity contribution >= 4 is 0 Å². The summed E-state index contributed by atoms with van der Waals surface area (Å²) in [6.45, 7) is 3.46. The highest BCUT2D eigenvalue weighted by Crippen LogP contribution is 2.30. The van der Waals surface area contributed by atoms with Crippen LogP contribution in [0.2, 0.25) is 0 Å². The van der Waals surface area contributed by atoms with Crippen LogP contribution in [-0.2, 0) is 0 Å². The van der Waals surface area contributed by atoms with E-state index in [4.69, 9.17) is 5.73 Å². The molecule has 0 amide bonds. The van der Waals surface area contributed by atoms with E-state index in [-0.39, 0.29) is 17.3 Å². The van der Waals surface area contributed by atoms with Gasteiger partial charge in [0, 0.05) is 24.5 Å². The first kappa shape index (κ1) is 9.62. The number of nitrogens with one attached hydrogen (secondary N) is 1. The van der Waals surface area contributed by atoms with E-state index in [1.165, 1.54) is 6.07 Å². The van der Waals surface area contributed by atoms with Gasteiger partial charge in [-0.3, -0.25) is 0 Å². The van der Waals surface area contributed by atoms with E-state index in [0.717, 1.165) is 18.7 Å². The largest absolute Gasteiger partial charge is 0.324 e. The van der Waals surface area contributed by atoms with E-state index in [2.05, 4.69) is 5.32 Å². The van der Waals surface area contributed by atoms with Crippen LogP contribution in [0.25, 0.3) is 0 Å². The summed E-state index contributed by atoms with van der Waals surface area (Å²) in [5.41, 5.74) is 6.47. The third-order valence-electron chi connectivity index (χ3n) is 2.93. The quantitative estimate of drug-likeness (QED) is 0.705. The molecule has 2 nitrogen and oxygen atoms in total. The molecule has 14 heavy (non-hydrogen) atoms. The summed E-state index contributed by atoms with van der Waals surface area (Å²) in [4.78, 5) is 0. The standard InChI is InChI=1S/C11H15FN2/c1-11(13)7-14-6-9(11)8-4-2-3-5-10(8)12/h2-5,9,14H,6-7,13H2,1H3/t9-,11+/m0/s1. The van der Waals surface area contributed by atoms with Crippen molar-refractivity contribution in [3.63, 3.8) is 0 Å². The second-order valence-corrected chi connectivity index (χ2v) is 4.21. The molecule has 1 aliphatic rings. The maximum absolute atomic E-state index is 13.5. The van der Waals surface area contributed by atoms with Crippen LogP contribution in [0.3, 0.4) is 0 Å². The van der Waals surface area contributed by atoms with Crippen LogP contribution in [0, 0.1) is 5.82 Å². The summed E-state index contributed by atoms with van der Waals surface area (Å²) in [5.74, 6) is -0.0819. The summed E-state index contributed by atoms with van der Waals surface area (Å²) < 4.78 is 13.5. The fourth-order valence-corrected chi connectivity index (χ4v) is 2.07. The van der Waals surface area contributed by atoms with Crippen molar-refractivity contribution in [2.45, 2.75) is 18.4 Å². The van der Waals surface area contributed by atoms with Crippen LogP contribution >= 0.6 is 0 Å². The molecule has 76 valence electrons. The van der Waals surface area contributed by atoms with Crippen molar-refractivity contribution in [2.75, 3.05) is 13.1 Å². The SMILES string of the molecule is C[C@@]1(N)CNC[C@H]1c1ccccc1F. The van der Waals surface area contributed by atoms with Gasteiger partial charge in [0.1, 0.15) is 5.82 Å². The van der Waals surface area contributed by atoms with Crippen LogP contribution in [0.1, 0.15) is 18.4 Å². The highest BCUT2D eigenvalue weighted by atomic mass is 19.1. The van der Waals surface area contributed by atoms with Gasteiger partial charge in [-0.1, -0.05) is 18.2 Å². The van der Waals surface area contributed by atoms with Crippen LogP contribution in [0.5, 0.6) is 0 Å². The van der Waals surface area contributed by atoms with Crippen LogP contribution in [-0.4, -0.2) is 18.6 Å². The third kappa shape index (κ3) is 1.53. The van der Waals surface area contributed by atoms with Crippen molar-refractivity contribution in [1.82, 2.24) is 5.32 Å². The Bertz CT molecular complexity index is 336. The molecule has 0 saturated carbocycles. The Kier molecular flexibility index (Phi) is 2.29. The number of rotatable bonds is 1. The van der Waals surface area contributed by atoms with Gasteiger partial charge in [-0.05, 0) is 18.6 Å². The van der Waals surface area contributed by atoms with Gasteiger partial charge >= 0.3 is 0 Å². The minimum atomic E-state index is -0.345. The van der Waals surface area contributed by atoms with Crippen LogP contribution in [0.4, 0.5) is 4.39 Å². The first-order valence-electron chi connectivity index (χ1n) is 4.85. The van der Waals surface area contributed by atoms with Gasteiger partial charge in [-0.25, -0.2) is 4.39 Å². The Morgan fingerprint density at radius 1 is 1.50 bits per heavy atom. The molecule has 0 aliphatic carbocycles. The third-order valence-corrected chi connectivity index (χ3v) is 2.93. The van der Waals surface area contributed by atoms with E-state index in [0.29, 0.717) is 0 Å². The van der Waals surface area contributed by atoms with Crippen molar-refractivity contribution in [3.8, 4) is 0 Å². The molecule has 1 aromatic carbocycles. The first-order chi connectivity index (χ1) is 6.61. The lowest BCUT2D eigenvalue weighted by Crippen LogP contribution is -2.43. The monoisotopic (exact) mass is 194 g/mol. The average Bonchev–Trinajstić information content (AvgIpc) is 2.46. The summed E-state index contributed by atoms with van der Waals surface area (Å²) >= 11 is 0. The molecule has 0 spiro atoms. The van der Waals surface area contributed by atoms with E-state index >= 15 is 0 Å². The molecule has 0 aromatic heterocycles. The van der Waals surface area contributed by atoms with Gasteiger partial charge in [0.25, 0.3) is 0 Å². The minimum Gasteiger partial charge on any atom is -0.324 e. The zero-order valence-corrected chi connectivity index (χ0v) is 8.26. The fraction of sp³-hybridized carbons (Fsp3) is 0.455. The Morgan fingerprint density at radius 3 is 2.79 bits per heavy atom. The smallest absolute Gasteiger partial charge is 0.126 e. The molecule has 0 bridgehead atoms. The number of halogens is 1. The minimum absolute atomic E-state index is 0.0729. The van der Waals surface area contributed by atoms with E-state index < -0.39 is 0 Å². The molecule has 1 fully saturated rings. The topological polar surface area (TPSA) is 38.0 Å². The van der Waals surface area contributed by atoms with Gasteiger partial charge in [0.05, 0.1) is 0 Å². The molecule has 1 aromatic rings. The molecular formula is C11H15FN2. The highest BCUT2D eigenvalue weighted by molar-refractivity contribution is 5.27. The van der Waals surface area contributed by atoms with Crippen molar-refractivity contribution in [2.24, 2.45) is 5.73 Å². The molecule has 3 N–H and O–H groups in total. The zero-order chi connectivity index (χ0) is 10.2. The molecule has 1 saturated heterocycles. The Morgan fingerprint density at radius 2 is 2.21 bits per heavy atom. The molecule has 1 aliphatic heterocycles. The number of hydrogen-bond donors (Lipinski definition) is 2. The van der Waals surface area contributed by atoms with Crippen molar-refractivity contribution < 1.29 is 4.39 Å². The normalized spacial score (nSPS) is 32.1. The van der Waals surface area contributed by atoms with Crippen LogP contribution < -0.4 is 11.1 Å². The summed E-state index contributed by atoms with van der Waals surface area (Å²) in [5, 5.41) is 3.20. The van der Waals surface area contributed by atoms with Crippen LogP contribution in [0.15, 0.2) is 24.3 Å². The maximum Gasteiger partial charge on any atom is 0.126 e. The maximum atomic E-state index is 13.5. The lowest BCUT2D eigenvalue weighted by Gasteiger charge is -2.26. The summed E-state index contributed by atoms with van der Waals surface area (Å²) in [6, 6.07) is 6.86. The van der Waals surface area contributed by atoms with E-state index in [1.807, 2.05) is 19.1 Å². The molecule has 1 heterocycles. The second kappa shape index (κ2) is 3.33. The van der Waals surface area contributed by atoms with Gasteiger partial charge in [-0.15, -0.1) is 0 Å². The molecule has 3 heteroatoms. The predicted molar refractivity (Wildman–Crippen MR) is 54.6 cm³/mol. The fourth-order valence-electron chi connectivity index (χ4n) is 2.07. The van der Waals surface area contributed by atoms with E-state index in [1.54, 1.807) is 6.07 Å². The van der Waals surface area contributed by atoms with Gasteiger partial charge in [0.15, 0.2) is 0 Å². The van der Waals surface area contributed by atoms with Gasteiger partial charge < -0.3 is 11.1 Å². The molecular weight excluding hydrogens is 179 g/mol. The first-order valence-corrected chi connectivity index (χ1v) is 4.85. The lowest BCUT2D eigenvalue weighted by molar-refractivity contribution is 0.447. The van der Waals surface area contributed by atoms with Gasteiger partial charge in [-0.2, -0.15) is 0 Å². The zero-order valence-electron chi connectivity index (χ0n) is 8.26. The number of nitrogens with two attached hydrogens (primary N) is 1. The number of benzene rings is 1. The van der Waals surface area contributed by atoms with E-state index in [9.17, 15) is 4.39 Å². The van der Waals surface area contributed by atoms with Crippen molar-refractivity contribution in [3.05, 3.63) is 35.6 Å². The molecule has 2 atom stereocenters. The Hall–Kier alpha value is -0.930. The highest BCUT2D eigenvalue weighted by Gasteiger charge is 2.37. The van der Waals surface area contributed by atoms with Crippen molar-refractivity contribution in [1.29, 1.82) is 0 Å². The summed E-state index contributed by atoms with van der Waals surface area (Å²) in [7, 11) is 0. The molecule has 2 rings (SSSR count). The summed E-state index contributed by atoms with van der Waals surface area (Å²) in [6.07, 6.45) is 0. The predicted octanol–water partition coefficient (Wildman–Crippen LogP) is 1.23. The molecule has 0 radical (unpaired) electrons. The lowest BCUT2D eigenvalue weighted by atomic mass is 9.84.